The largest absolute Gasteiger partial charge is 0.478 e. The van der Waals surface area contributed by atoms with Gasteiger partial charge in [0, 0.05) is 9.50 Å². The molecule has 3 nitrogen and oxygen atoms in total. The number of anilines is 2. The van der Waals surface area contributed by atoms with E-state index in [1.54, 1.807) is 30.3 Å². The van der Waals surface area contributed by atoms with Crippen molar-refractivity contribution >= 4 is 44.9 Å². The van der Waals surface area contributed by atoms with Crippen molar-refractivity contribution in [2.24, 2.45) is 0 Å². The number of rotatable bonds is 3. The molecule has 0 bridgehead atoms. The highest BCUT2D eigenvalue weighted by atomic mass is 79.9. The van der Waals surface area contributed by atoms with E-state index in [1.807, 2.05) is 13.0 Å². The third-order valence-electron chi connectivity index (χ3n) is 2.60. The lowest BCUT2D eigenvalue weighted by Crippen LogP contribution is -2.03. The van der Waals surface area contributed by atoms with Gasteiger partial charge in [-0.15, -0.1) is 0 Å². The molecule has 0 fully saturated rings. The highest BCUT2D eigenvalue weighted by Crippen LogP contribution is 2.30. The highest BCUT2D eigenvalue weighted by molar-refractivity contribution is 9.10. The summed E-state index contributed by atoms with van der Waals surface area (Å²) < 4.78 is 0.814. The van der Waals surface area contributed by atoms with Crippen molar-refractivity contribution in [1.29, 1.82) is 0 Å². The fourth-order valence-corrected chi connectivity index (χ4v) is 2.20. The molecule has 0 amide bonds. The van der Waals surface area contributed by atoms with E-state index in [-0.39, 0.29) is 5.56 Å². The quantitative estimate of drug-likeness (QED) is 0.839. The number of aromatic carboxylic acids is 1. The molecule has 0 aliphatic rings. The van der Waals surface area contributed by atoms with Crippen molar-refractivity contribution in [3.63, 3.8) is 0 Å². The van der Waals surface area contributed by atoms with E-state index in [0.29, 0.717) is 10.7 Å². The van der Waals surface area contributed by atoms with Crippen LogP contribution in [-0.4, -0.2) is 11.1 Å². The molecule has 0 saturated heterocycles. The Bertz CT molecular complexity index is 643. The van der Waals surface area contributed by atoms with E-state index in [2.05, 4.69) is 21.2 Å². The van der Waals surface area contributed by atoms with E-state index < -0.39 is 5.97 Å². The van der Waals surface area contributed by atoms with Crippen molar-refractivity contribution < 1.29 is 9.90 Å². The third kappa shape index (κ3) is 3.28. The summed E-state index contributed by atoms with van der Waals surface area (Å²) in [5.41, 5.74) is 2.37. The van der Waals surface area contributed by atoms with Gasteiger partial charge >= 0.3 is 5.97 Å². The van der Waals surface area contributed by atoms with Gasteiger partial charge in [-0.3, -0.25) is 0 Å². The SMILES string of the molecule is Cc1ccc(Nc2cc(Cl)ccc2Br)c(C(=O)O)c1. The van der Waals surface area contributed by atoms with Crippen LogP contribution in [0.5, 0.6) is 0 Å². The van der Waals surface area contributed by atoms with Gasteiger partial charge in [0.1, 0.15) is 0 Å². The first-order valence-electron chi connectivity index (χ1n) is 5.53. The first kappa shape index (κ1) is 13.9. The summed E-state index contributed by atoms with van der Waals surface area (Å²) in [6, 6.07) is 10.5. The maximum absolute atomic E-state index is 11.2. The van der Waals surface area contributed by atoms with Crippen molar-refractivity contribution in [3.8, 4) is 0 Å². The van der Waals surface area contributed by atoms with Crippen molar-refractivity contribution in [1.82, 2.24) is 0 Å². The van der Waals surface area contributed by atoms with Crippen LogP contribution >= 0.6 is 27.5 Å². The lowest BCUT2D eigenvalue weighted by atomic mass is 10.1. The molecule has 0 unspecified atom stereocenters. The Morgan fingerprint density at radius 2 is 1.95 bits per heavy atom. The van der Waals surface area contributed by atoms with Crippen LogP contribution in [0.4, 0.5) is 11.4 Å². The molecule has 2 rings (SSSR count). The summed E-state index contributed by atoms with van der Waals surface area (Å²) in [4.78, 5) is 11.2. The van der Waals surface area contributed by atoms with E-state index in [9.17, 15) is 9.90 Å². The Hall–Kier alpha value is -1.52. The minimum absolute atomic E-state index is 0.229. The summed E-state index contributed by atoms with van der Waals surface area (Å²) in [6.07, 6.45) is 0. The molecule has 2 N–H and O–H groups in total. The summed E-state index contributed by atoms with van der Waals surface area (Å²) in [7, 11) is 0. The van der Waals surface area contributed by atoms with Gasteiger partial charge in [0.2, 0.25) is 0 Å². The fraction of sp³-hybridized carbons (Fsp3) is 0.0714. The zero-order valence-corrected chi connectivity index (χ0v) is 12.4. The Labute approximate surface area is 124 Å². The van der Waals surface area contributed by atoms with Gasteiger partial charge in [-0.2, -0.15) is 0 Å². The van der Waals surface area contributed by atoms with Gasteiger partial charge in [-0.1, -0.05) is 23.2 Å². The number of aryl methyl sites for hydroxylation is 1. The second-order valence-electron chi connectivity index (χ2n) is 4.10. The number of benzene rings is 2. The summed E-state index contributed by atoms with van der Waals surface area (Å²) in [6.45, 7) is 1.85. The second kappa shape index (κ2) is 5.63. The predicted octanol–water partition coefficient (Wildman–Crippen LogP) is 4.85. The van der Waals surface area contributed by atoms with Crippen molar-refractivity contribution in [3.05, 3.63) is 57.0 Å². The minimum Gasteiger partial charge on any atom is -0.478 e. The van der Waals surface area contributed by atoms with Gasteiger partial charge in [-0.25, -0.2) is 4.79 Å². The zero-order chi connectivity index (χ0) is 14.0. The van der Waals surface area contributed by atoms with Crippen LogP contribution in [0.25, 0.3) is 0 Å². The molecule has 0 aromatic heterocycles. The standard InChI is InChI=1S/C14H11BrClNO2/c1-8-2-5-12(10(6-8)14(18)19)17-13-7-9(16)3-4-11(13)15/h2-7,17H,1H3,(H,18,19). The van der Waals surface area contributed by atoms with Crippen LogP contribution in [-0.2, 0) is 0 Å². The van der Waals surface area contributed by atoms with Crippen molar-refractivity contribution in [2.45, 2.75) is 6.92 Å². The highest BCUT2D eigenvalue weighted by Gasteiger charge is 2.11. The van der Waals surface area contributed by atoms with E-state index >= 15 is 0 Å². The number of hydrogen-bond donors (Lipinski definition) is 2. The Morgan fingerprint density at radius 1 is 1.21 bits per heavy atom. The first-order valence-corrected chi connectivity index (χ1v) is 6.70. The zero-order valence-electron chi connectivity index (χ0n) is 10.1. The molecule has 19 heavy (non-hydrogen) atoms. The second-order valence-corrected chi connectivity index (χ2v) is 5.39. The number of carboxylic acids is 1. The van der Waals surface area contributed by atoms with Gasteiger partial charge in [0.25, 0.3) is 0 Å². The molecule has 0 spiro atoms. The van der Waals surface area contributed by atoms with E-state index in [1.165, 1.54) is 0 Å². The van der Waals surface area contributed by atoms with Gasteiger partial charge in [0.15, 0.2) is 0 Å². The topological polar surface area (TPSA) is 49.3 Å². The van der Waals surface area contributed by atoms with Gasteiger partial charge < -0.3 is 10.4 Å². The van der Waals surface area contributed by atoms with Crippen LogP contribution in [0.2, 0.25) is 5.02 Å². The average Bonchev–Trinajstić information content (AvgIpc) is 2.35. The lowest BCUT2D eigenvalue weighted by molar-refractivity contribution is 0.0698. The molecule has 5 heteroatoms. The maximum Gasteiger partial charge on any atom is 0.337 e. The van der Waals surface area contributed by atoms with Crippen LogP contribution in [0.15, 0.2) is 40.9 Å². The summed E-state index contributed by atoms with van der Waals surface area (Å²) in [5.74, 6) is -0.968. The average molecular weight is 341 g/mol. The fourth-order valence-electron chi connectivity index (χ4n) is 1.68. The van der Waals surface area contributed by atoms with E-state index in [0.717, 1.165) is 15.7 Å². The number of nitrogens with one attached hydrogen (secondary N) is 1. The molecule has 0 heterocycles. The Balaban J connectivity index is 2.43. The van der Waals surface area contributed by atoms with E-state index in [4.69, 9.17) is 11.6 Å². The van der Waals surface area contributed by atoms with Crippen LogP contribution in [0.1, 0.15) is 15.9 Å². The van der Waals surface area contributed by atoms with Gasteiger partial charge in [-0.05, 0) is 53.2 Å². The third-order valence-corrected chi connectivity index (χ3v) is 3.53. The number of hydrogen-bond acceptors (Lipinski definition) is 2. The van der Waals surface area contributed by atoms with Gasteiger partial charge in [0.05, 0.1) is 16.9 Å². The molecule has 0 atom stereocenters. The molecule has 0 aliphatic carbocycles. The molecule has 2 aromatic carbocycles. The Kier molecular flexibility index (Phi) is 4.12. The van der Waals surface area contributed by atoms with Crippen LogP contribution < -0.4 is 5.32 Å². The summed E-state index contributed by atoms with van der Waals surface area (Å²) in [5, 5.41) is 12.9. The monoisotopic (exact) mass is 339 g/mol. The number of halogens is 2. The minimum atomic E-state index is -0.968. The lowest BCUT2D eigenvalue weighted by Gasteiger charge is -2.12. The molecular formula is C14H11BrClNO2. The molecule has 0 aliphatic heterocycles. The van der Waals surface area contributed by atoms with Crippen LogP contribution in [0.3, 0.4) is 0 Å². The number of carbonyl (C=O) groups is 1. The Morgan fingerprint density at radius 3 is 2.63 bits per heavy atom. The molecule has 98 valence electrons. The molecular weight excluding hydrogens is 330 g/mol. The summed E-state index contributed by atoms with van der Waals surface area (Å²) >= 11 is 9.33. The first-order chi connectivity index (χ1) is 8.97. The number of carboxylic acid groups (broad SMARTS) is 1. The molecule has 0 saturated carbocycles. The van der Waals surface area contributed by atoms with Crippen LogP contribution in [0, 0.1) is 6.92 Å². The predicted molar refractivity (Wildman–Crippen MR) is 80.6 cm³/mol. The molecule has 2 aromatic rings. The maximum atomic E-state index is 11.2. The molecule has 0 radical (unpaired) electrons. The smallest absolute Gasteiger partial charge is 0.337 e. The normalized spacial score (nSPS) is 10.3. The van der Waals surface area contributed by atoms with Crippen molar-refractivity contribution in [2.75, 3.05) is 5.32 Å².